The number of alkyl carbamates (subject to hydrolysis) is 1. The number of rotatable bonds is 10. The second kappa shape index (κ2) is 11.0. The van der Waals surface area contributed by atoms with Gasteiger partial charge in [-0.2, -0.15) is 0 Å². The zero-order chi connectivity index (χ0) is 24.0. The van der Waals surface area contributed by atoms with E-state index in [1.807, 2.05) is 38.1 Å². The normalized spacial score (nSPS) is 13.2. The second-order valence-electron chi connectivity index (χ2n) is 8.75. The van der Waals surface area contributed by atoms with Gasteiger partial charge in [0.1, 0.15) is 6.61 Å². The van der Waals surface area contributed by atoms with Crippen molar-refractivity contribution in [2.24, 2.45) is 0 Å². The van der Waals surface area contributed by atoms with Crippen LogP contribution in [0.5, 0.6) is 0 Å². The van der Waals surface area contributed by atoms with E-state index >= 15 is 0 Å². The molecule has 2 amide bonds. The lowest BCUT2D eigenvalue weighted by atomic mass is 9.98. The van der Waals surface area contributed by atoms with E-state index in [0.717, 1.165) is 22.3 Å². The predicted octanol–water partition coefficient (Wildman–Crippen LogP) is 4.41. The highest BCUT2D eigenvalue weighted by Gasteiger charge is 2.29. The maximum atomic E-state index is 12.7. The number of hydrogen-bond acceptors (Lipinski definition) is 4. The number of benzene rings is 2. The summed E-state index contributed by atoms with van der Waals surface area (Å²) in [6.07, 6.45) is -0.0217. The molecule has 0 saturated carbocycles. The van der Waals surface area contributed by atoms with Crippen LogP contribution in [0.4, 0.5) is 4.79 Å². The van der Waals surface area contributed by atoms with Crippen LogP contribution in [-0.2, 0) is 14.3 Å². The molecule has 1 aliphatic carbocycles. The van der Waals surface area contributed by atoms with Crippen LogP contribution >= 0.6 is 0 Å². The molecular weight excluding hydrogens is 420 g/mol. The molecule has 1 atom stereocenters. The number of fused-ring (bicyclic) bond motifs is 3. The minimum atomic E-state index is -0.878. The fourth-order valence-corrected chi connectivity index (χ4v) is 4.34. The molecule has 0 bridgehead atoms. The molecule has 0 unspecified atom stereocenters. The second-order valence-corrected chi connectivity index (χ2v) is 8.75. The van der Waals surface area contributed by atoms with Gasteiger partial charge in [0.05, 0.1) is 0 Å². The Morgan fingerprint density at radius 3 is 2.12 bits per heavy atom. The van der Waals surface area contributed by atoms with Gasteiger partial charge in [-0.05, 0) is 49.4 Å². The average molecular weight is 453 g/mol. The van der Waals surface area contributed by atoms with Crippen LogP contribution < -0.4 is 5.32 Å². The molecule has 0 aliphatic heterocycles. The molecule has 0 spiro atoms. The van der Waals surface area contributed by atoms with Gasteiger partial charge in [-0.25, -0.2) is 4.79 Å². The van der Waals surface area contributed by atoms with Crippen molar-refractivity contribution >= 4 is 18.0 Å². The van der Waals surface area contributed by atoms with Crippen molar-refractivity contribution in [3.8, 4) is 11.1 Å². The van der Waals surface area contributed by atoms with Crippen molar-refractivity contribution in [1.82, 2.24) is 10.2 Å². The number of carboxylic acid groups (broad SMARTS) is 1. The molecule has 0 aromatic heterocycles. The van der Waals surface area contributed by atoms with E-state index in [1.54, 1.807) is 11.8 Å². The Morgan fingerprint density at radius 2 is 1.58 bits per heavy atom. The minimum Gasteiger partial charge on any atom is -0.481 e. The smallest absolute Gasteiger partial charge is 0.407 e. The van der Waals surface area contributed by atoms with Gasteiger partial charge >= 0.3 is 12.1 Å². The number of nitrogens with one attached hydrogen (secondary N) is 1. The number of ether oxygens (including phenoxy) is 1. The van der Waals surface area contributed by atoms with Crippen LogP contribution in [0.2, 0.25) is 0 Å². The van der Waals surface area contributed by atoms with Crippen LogP contribution in [0.3, 0.4) is 0 Å². The number of carbonyl (C=O) groups excluding carboxylic acids is 2. The fourth-order valence-electron chi connectivity index (χ4n) is 4.34. The third kappa shape index (κ3) is 6.12. The number of amides is 2. The Labute approximate surface area is 194 Å². The van der Waals surface area contributed by atoms with Crippen molar-refractivity contribution < 1.29 is 24.2 Å². The predicted molar refractivity (Wildman–Crippen MR) is 126 cm³/mol. The summed E-state index contributed by atoms with van der Waals surface area (Å²) in [7, 11) is 0. The molecule has 0 radical (unpaired) electrons. The van der Waals surface area contributed by atoms with Gasteiger partial charge in [0.25, 0.3) is 0 Å². The van der Waals surface area contributed by atoms with E-state index in [-0.39, 0.29) is 37.3 Å². The monoisotopic (exact) mass is 452 g/mol. The molecule has 2 aromatic rings. The van der Waals surface area contributed by atoms with Crippen LogP contribution in [0.25, 0.3) is 11.1 Å². The van der Waals surface area contributed by atoms with Crippen molar-refractivity contribution in [2.75, 3.05) is 13.2 Å². The first-order valence-corrected chi connectivity index (χ1v) is 11.4. The number of hydrogen-bond donors (Lipinski definition) is 2. The lowest BCUT2D eigenvalue weighted by molar-refractivity contribution is -0.138. The zero-order valence-corrected chi connectivity index (χ0v) is 19.4. The summed E-state index contributed by atoms with van der Waals surface area (Å²) in [6.45, 7) is 6.13. The SMILES string of the molecule is CC(C)N(CCCC(=O)O)C(=O)C[C@@H](C)NC(=O)OCC1c2ccccc2-c2ccccc21. The van der Waals surface area contributed by atoms with Gasteiger partial charge in [0.15, 0.2) is 0 Å². The van der Waals surface area contributed by atoms with Crippen molar-refractivity contribution in [3.05, 3.63) is 59.7 Å². The van der Waals surface area contributed by atoms with E-state index in [9.17, 15) is 14.4 Å². The Morgan fingerprint density at radius 1 is 1.00 bits per heavy atom. The number of carbonyl (C=O) groups is 3. The van der Waals surface area contributed by atoms with E-state index in [0.29, 0.717) is 13.0 Å². The first-order valence-electron chi connectivity index (χ1n) is 11.4. The van der Waals surface area contributed by atoms with Crippen LogP contribution in [0.1, 0.15) is 57.1 Å². The average Bonchev–Trinajstić information content (AvgIpc) is 3.08. The van der Waals surface area contributed by atoms with Gasteiger partial charge in [0.2, 0.25) is 5.91 Å². The van der Waals surface area contributed by atoms with Crippen LogP contribution in [0, 0.1) is 0 Å². The molecule has 176 valence electrons. The fraction of sp³-hybridized carbons (Fsp3) is 0.423. The molecule has 7 heteroatoms. The van der Waals surface area contributed by atoms with E-state index < -0.39 is 18.1 Å². The number of aliphatic carboxylic acids is 1. The lowest BCUT2D eigenvalue weighted by Crippen LogP contribution is -2.42. The maximum Gasteiger partial charge on any atom is 0.407 e. The molecule has 2 N–H and O–H groups in total. The van der Waals surface area contributed by atoms with Crippen molar-refractivity contribution in [2.45, 2.75) is 58.0 Å². The summed E-state index contributed by atoms with van der Waals surface area (Å²) < 4.78 is 5.55. The summed E-state index contributed by atoms with van der Waals surface area (Å²) in [4.78, 5) is 37.5. The van der Waals surface area contributed by atoms with Crippen LogP contribution in [-0.4, -0.2) is 53.2 Å². The molecule has 7 nitrogen and oxygen atoms in total. The van der Waals surface area contributed by atoms with Crippen molar-refractivity contribution in [1.29, 1.82) is 0 Å². The third-order valence-corrected chi connectivity index (χ3v) is 5.92. The van der Waals surface area contributed by atoms with Gasteiger partial charge in [-0.3, -0.25) is 9.59 Å². The molecule has 3 rings (SSSR count). The highest BCUT2D eigenvalue weighted by Crippen LogP contribution is 2.44. The van der Waals surface area contributed by atoms with Gasteiger partial charge in [-0.15, -0.1) is 0 Å². The summed E-state index contributed by atoms with van der Waals surface area (Å²) in [6, 6.07) is 15.8. The molecule has 0 fully saturated rings. The Bertz CT molecular complexity index is 958. The largest absolute Gasteiger partial charge is 0.481 e. The summed E-state index contributed by atoms with van der Waals surface area (Å²) in [5.74, 6) is -1.02. The molecule has 0 heterocycles. The quantitative estimate of drug-likeness (QED) is 0.557. The first kappa shape index (κ1) is 24.3. The Kier molecular flexibility index (Phi) is 8.09. The van der Waals surface area contributed by atoms with Crippen molar-refractivity contribution in [3.63, 3.8) is 0 Å². The Balaban J connectivity index is 1.52. The molecule has 2 aromatic carbocycles. The standard InChI is InChI=1S/C26H32N2O5/c1-17(2)28(14-8-13-25(30)31)24(29)15-18(3)27-26(32)33-16-23-21-11-6-4-9-19(21)20-10-5-7-12-22(20)23/h4-7,9-12,17-18,23H,8,13-16H2,1-3H3,(H,27,32)(H,30,31)/t18-/m1/s1. The molecule has 33 heavy (non-hydrogen) atoms. The van der Waals surface area contributed by atoms with E-state index in [1.165, 1.54) is 0 Å². The van der Waals surface area contributed by atoms with Gasteiger partial charge in [0, 0.05) is 37.4 Å². The highest BCUT2D eigenvalue weighted by molar-refractivity contribution is 5.80. The number of nitrogens with zero attached hydrogens (tertiary/aromatic N) is 1. The summed E-state index contributed by atoms with van der Waals surface area (Å²) in [5.41, 5.74) is 4.61. The van der Waals surface area contributed by atoms with Gasteiger partial charge in [-0.1, -0.05) is 48.5 Å². The topological polar surface area (TPSA) is 95.9 Å². The lowest BCUT2D eigenvalue weighted by Gasteiger charge is -2.28. The summed E-state index contributed by atoms with van der Waals surface area (Å²) in [5, 5.41) is 11.6. The molecular formula is C26H32N2O5. The van der Waals surface area contributed by atoms with E-state index in [2.05, 4.69) is 29.6 Å². The summed E-state index contributed by atoms with van der Waals surface area (Å²) >= 11 is 0. The molecule has 0 saturated heterocycles. The van der Waals surface area contributed by atoms with Crippen LogP contribution in [0.15, 0.2) is 48.5 Å². The first-order chi connectivity index (χ1) is 15.8. The third-order valence-electron chi connectivity index (χ3n) is 5.92. The maximum absolute atomic E-state index is 12.7. The highest BCUT2D eigenvalue weighted by atomic mass is 16.5. The zero-order valence-electron chi connectivity index (χ0n) is 19.4. The van der Waals surface area contributed by atoms with Gasteiger partial charge < -0.3 is 20.1 Å². The Hall–Kier alpha value is -3.35. The molecule has 1 aliphatic rings. The van der Waals surface area contributed by atoms with E-state index in [4.69, 9.17) is 9.84 Å². The number of carboxylic acids is 1. The minimum absolute atomic E-state index is 0.0179.